The van der Waals surface area contributed by atoms with Gasteiger partial charge in [-0.1, -0.05) is 0 Å². The number of ether oxygens (including phenoxy) is 3. The van der Waals surface area contributed by atoms with Crippen LogP contribution in [0.15, 0.2) is 52.6 Å². The van der Waals surface area contributed by atoms with Crippen LogP contribution in [0.25, 0.3) is 11.0 Å². The van der Waals surface area contributed by atoms with Gasteiger partial charge in [0.2, 0.25) is 5.16 Å². The molecule has 0 amide bonds. The fourth-order valence-electron chi connectivity index (χ4n) is 4.13. The number of hydrogen-bond donors (Lipinski definition) is 2. The van der Waals surface area contributed by atoms with Crippen molar-refractivity contribution in [3.63, 3.8) is 0 Å². The zero-order chi connectivity index (χ0) is 30.1. The van der Waals surface area contributed by atoms with Gasteiger partial charge in [0.1, 0.15) is 22.8 Å². The molecule has 1 atom stereocenters. The molecule has 2 aromatic heterocycles. The van der Waals surface area contributed by atoms with E-state index in [-0.39, 0.29) is 86.8 Å². The Hall–Kier alpha value is -2.50. The van der Waals surface area contributed by atoms with Gasteiger partial charge in [-0.2, -0.15) is 0 Å². The van der Waals surface area contributed by atoms with Crippen LogP contribution in [0, 0.1) is 13.8 Å². The molecule has 0 spiro atoms. The molecule has 17 heteroatoms. The fourth-order valence-corrected chi connectivity index (χ4v) is 7.20. The molecule has 2 radical (unpaired) electrons. The topological polar surface area (TPSA) is 184 Å². The third-order valence-electron chi connectivity index (χ3n) is 6.08. The average Bonchev–Trinajstić information content (AvgIpc) is 3.33. The number of methoxy groups -OCH3 is 2. The number of carboxylic acid groups (broad SMARTS) is 2. The maximum Gasteiger partial charge on any atom is 0.341 e. The zero-order valence-electron chi connectivity index (χ0n) is 24.3. The second-order valence-electron chi connectivity index (χ2n) is 8.70. The molecule has 2 heterocycles. The van der Waals surface area contributed by atoms with Gasteiger partial charge in [-0.25, -0.2) is 27.0 Å². The fraction of sp³-hybridized carbons (Fsp3) is 0.231. The summed E-state index contributed by atoms with van der Waals surface area (Å²) < 4.78 is 58.2. The minimum Gasteiger partial charge on any atom is -0.497 e. The van der Waals surface area contributed by atoms with Crippen LogP contribution in [-0.2, 0) is 31.4 Å². The number of nitrogens with zero attached hydrogens (tertiary/aromatic N) is 3. The van der Waals surface area contributed by atoms with Crippen molar-refractivity contribution in [3.8, 4) is 17.2 Å². The van der Waals surface area contributed by atoms with Gasteiger partial charge in [0.25, 0.3) is 10.0 Å². The first-order chi connectivity index (χ1) is 19.4. The third kappa shape index (κ3) is 7.60. The number of carbonyl (C=O) groups is 2. The summed E-state index contributed by atoms with van der Waals surface area (Å²) >= 11 is 0. The van der Waals surface area contributed by atoms with Crippen molar-refractivity contribution in [3.05, 3.63) is 65.0 Å². The van der Waals surface area contributed by atoms with Gasteiger partial charge in [-0.3, -0.25) is 9.19 Å². The minimum atomic E-state index is -4.60. The van der Waals surface area contributed by atoms with Gasteiger partial charge in [-0.05, 0) is 44.2 Å². The van der Waals surface area contributed by atoms with Crippen molar-refractivity contribution < 1.29 is 46.6 Å². The molecule has 0 aliphatic heterocycles. The van der Waals surface area contributed by atoms with Crippen LogP contribution < -0.4 is 14.2 Å². The Morgan fingerprint density at radius 1 is 1.02 bits per heavy atom. The summed E-state index contributed by atoms with van der Waals surface area (Å²) in [5.74, 6) is -2.48. The molecule has 0 saturated heterocycles. The van der Waals surface area contributed by atoms with Crippen LogP contribution in [0.5, 0.6) is 17.2 Å². The van der Waals surface area contributed by atoms with Crippen molar-refractivity contribution in [1.82, 2.24) is 13.9 Å². The monoisotopic (exact) mass is 649 g/mol. The smallest absolute Gasteiger partial charge is 0.341 e. The molecule has 0 aliphatic rings. The molecule has 0 aliphatic carbocycles. The number of aryl methyl sites for hydroxylation is 1. The largest absolute Gasteiger partial charge is 0.497 e. The first-order valence-electron chi connectivity index (χ1n) is 11.8. The Labute approximate surface area is 293 Å². The van der Waals surface area contributed by atoms with Crippen LogP contribution in [-0.4, -0.2) is 129 Å². The molecule has 1 unspecified atom stereocenters. The molecule has 4 aromatic rings. The number of aliphatic carboxylic acids is 1. The number of carboxylic acids is 2. The van der Waals surface area contributed by atoms with Crippen molar-refractivity contribution in [1.29, 1.82) is 0 Å². The average molecular weight is 650 g/mol. The van der Waals surface area contributed by atoms with E-state index in [1.807, 2.05) is 6.92 Å². The molecule has 13 nitrogen and oxygen atoms in total. The number of hydrogen-bond acceptors (Lipinski definition) is 10. The first kappa shape index (κ1) is 36.7. The van der Waals surface area contributed by atoms with E-state index >= 15 is 0 Å². The number of fused-ring (bicyclic) bond motifs is 1. The van der Waals surface area contributed by atoms with Crippen molar-refractivity contribution in [2.75, 3.05) is 20.8 Å². The zero-order valence-corrected chi connectivity index (χ0v) is 29.9. The molecule has 0 bridgehead atoms. The van der Waals surface area contributed by atoms with Crippen molar-refractivity contribution >= 4 is 103 Å². The van der Waals surface area contributed by atoms with E-state index in [9.17, 15) is 27.3 Å². The second-order valence-corrected chi connectivity index (χ2v) is 11.8. The number of benzene rings is 2. The number of aromatic carboxylic acids is 1. The Morgan fingerprint density at radius 2 is 1.72 bits per heavy atom. The molecule has 0 fully saturated rings. The van der Waals surface area contributed by atoms with Gasteiger partial charge in [0.05, 0.1) is 52.4 Å². The van der Waals surface area contributed by atoms with Gasteiger partial charge in [0, 0.05) is 82.5 Å². The standard InChI is InChI=1S/C26H25N3O10S2.2Na/c1-14-11-27-20(15(2)24(14)38-4)13-40(34)26-28-19-9-16(37-3)5-7-21(19)29(26)41(35,36)17-6-8-22(39-12-23(30)31)18(10-17)25(32)33;;/h5-11H,12-13H2,1-4H3,(H,30,31)(H,32,33);;. The molecular weight excluding hydrogens is 624 g/mol. The molecule has 4 rings (SSSR count). The number of rotatable bonds is 11. The van der Waals surface area contributed by atoms with E-state index in [4.69, 9.17) is 19.3 Å². The number of pyridine rings is 1. The van der Waals surface area contributed by atoms with Gasteiger partial charge < -0.3 is 24.4 Å². The first-order valence-corrected chi connectivity index (χ1v) is 14.6. The van der Waals surface area contributed by atoms with E-state index in [1.165, 1.54) is 32.4 Å². The summed E-state index contributed by atoms with van der Waals surface area (Å²) in [7, 11) is -3.73. The van der Waals surface area contributed by atoms with E-state index in [2.05, 4.69) is 9.97 Å². The summed E-state index contributed by atoms with van der Waals surface area (Å²) in [5, 5.41) is 18.2. The van der Waals surface area contributed by atoms with E-state index in [0.717, 1.165) is 27.7 Å². The van der Waals surface area contributed by atoms with Crippen LogP contribution in [0.1, 0.15) is 27.2 Å². The van der Waals surface area contributed by atoms with Gasteiger partial charge in [0.15, 0.2) is 6.61 Å². The summed E-state index contributed by atoms with van der Waals surface area (Å²) in [4.78, 5) is 31.0. The Balaban J connectivity index is 0.00000323. The molecule has 43 heavy (non-hydrogen) atoms. The molecular formula is C26H25N3Na2O10S2. The number of aromatic nitrogens is 3. The maximum absolute atomic E-state index is 14.0. The van der Waals surface area contributed by atoms with E-state index < -0.39 is 49.8 Å². The van der Waals surface area contributed by atoms with Gasteiger partial charge in [-0.15, -0.1) is 0 Å². The SMILES string of the molecule is COc1ccc2c(c1)nc(S(=O)Cc1ncc(C)c(OC)c1C)n2S(=O)(=O)c1ccc(OCC(=O)O)c(C(=O)O)c1.[Na].[Na]. The van der Waals surface area contributed by atoms with E-state index in [0.29, 0.717) is 22.8 Å². The van der Waals surface area contributed by atoms with Crippen LogP contribution in [0.2, 0.25) is 0 Å². The summed E-state index contributed by atoms with van der Waals surface area (Å²) in [6, 6.07) is 7.37. The normalized spacial score (nSPS) is 11.6. The van der Waals surface area contributed by atoms with Crippen molar-refractivity contribution in [2.24, 2.45) is 0 Å². The third-order valence-corrected chi connectivity index (χ3v) is 9.12. The Kier molecular flexibility index (Phi) is 12.8. The predicted octanol–water partition coefficient (Wildman–Crippen LogP) is 2.01. The Morgan fingerprint density at radius 3 is 2.33 bits per heavy atom. The molecule has 2 N–H and O–H groups in total. The van der Waals surface area contributed by atoms with Crippen LogP contribution in [0.3, 0.4) is 0 Å². The van der Waals surface area contributed by atoms with Crippen molar-refractivity contribution in [2.45, 2.75) is 29.7 Å². The molecule has 218 valence electrons. The maximum atomic E-state index is 14.0. The second kappa shape index (κ2) is 15.0. The Bertz CT molecular complexity index is 1830. The quantitative estimate of drug-likeness (QED) is 0.226. The molecule has 0 saturated carbocycles. The summed E-state index contributed by atoms with van der Waals surface area (Å²) in [6.45, 7) is 2.72. The summed E-state index contributed by atoms with van der Waals surface area (Å²) in [6.07, 6.45) is 1.56. The van der Waals surface area contributed by atoms with Gasteiger partial charge >= 0.3 is 11.9 Å². The molecule has 2 aromatic carbocycles. The van der Waals surface area contributed by atoms with Crippen LogP contribution in [0.4, 0.5) is 0 Å². The summed E-state index contributed by atoms with van der Waals surface area (Å²) in [5.41, 5.74) is 1.48. The predicted molar refractivity (Wildman–Crippen MR) is 157 cm³/mol. The van der Waals surface area contributed by atoms with Crippen LogP contribution >= 0.6 is 0 Å². The number of imidazole rings is 1. The minimum absolute atomic E-state index is 0. The van der Waals surface area contributed by atoms with E-state index in [1.54, 1.807) is 13.1 Å².